The molecule has 0 fully saturated rings. The van der Waals surface area contributed by atoms with Crippen molar-refractivity contribution < 1.29 is 4.42 Å². The number of aryl methyl sites for hydroxylation is 1. The Morgan fingerprint density at radius 2 is 2.46 bits per heavy atom. The van der Waals surface area contributed by atoms with Gasteiger partial charge >= 0.3 is 5.76 Å². The first-order valence-electron chi connectivity index (χ1n) is 3.80. The van der Waals surface area contributed by atoms with E-state index in [9.17, 15) is 4.79 Å². The summed E-state index contributed by atoms with van der Waals surface area (Å²) in [5.74, 6) is -0.399. The molecule has 66 valence electrons. The van der Waals surface area contributed by atoms with Gasteiger partial charge in [-0.25, -0.2) is 9.78 Å². The van der Waals surface area contributed by atoms with Gasteiger partial charge in [0.25, 0.3) is 0 Å². The second-order valence-electron chi connectivity index (χ2n) is 2.72. The van der Waals surface area contributed by atoms with Crippen molar-refractivity contribution in [2.24, 2.45) is 7.05 Å². The molecule has 13 heavy (non-hydrogen) atoms. The summed E-state index contributed by atoms with van der Waals surface area (Å²) >= 11 is 0. The van der Waals surface area contributed by atoms with Crippen LogP contribution in [0.3, 0.4) is 0 Å². The number of pyridine rings is 1. The first kappa shape index (κ1) is 7.79. The van der Waals surface area contributed by atoms with Crippen LogP contribution in [0.5, 0.6) is 0 Å². The van der Waals surface area contributed by atoms with Crippen molar-refractivity contribution in [3.8, 4) is 0 Å². The minimum absolute atomic E-state index is 0.399. The van der Waals surface area contributed by atoms with E-state index in [0.717, 1.165) is 5.56 Å². The number of hydrogen-bond acceptors (Lipinski definition) is 3. The smallest absolute Gasteiger partial charge is 0.406 e. The lowest BCUT2D eigenvalue weighted by atomic mass is 10.3. The Balaban J connectivity index is 2.87. The molecule has 2 aromatic rings. The van der Waals surface area contributed by atoms with E-state index in [1.165, 1.54) is 4.57 Å². The molecular weight excluding hydrogens is 168 g/mol. The topological polar surface area (TPSA) is 48.0 Å². The van der Waals surface area contributed by atoms with Crippen LogP contribution in [0.25, 0.3) is 17.3 Å². The third kappa shape index (κ3) is 1.07. The highest BCUT2D eigenvalue weighted by molar-refractivity contribution is 5.71. The van der Waals surface area contributed by atoms with Gasteiger partial charge in [-0.15, -0.1) is 0 Å². The highest BCUT2D eigenvalue weighted by Crippen LogP contribution is 2.11. The van der Waals surface area contributed by atoms with Crippen LogP contribution in [-0.4, -0.2) is 9.55 Å². The van der Waals surface area contributed by atoms with Crippen molar-refractivity contribution in [1.29, 1.82) is 0 Å². The van der Waals surface area contributed by atoms with Crippen LogP contribution in [0, 0.1) is 0 Å². The van der Waals surface area contributed by atoms with Crippen molar-refractivity contribution in [3.05, 3.63) is 35.0 Å². The normalized spacial score (nSPS) is 10.5. The summed E-state index contributed by atoms with van der Waals surface area (Å²) in [5, 5.41) is 0. The molecule has 0 aromatic carbocycles. The number of oxazole rings is 1. The maximum Gasteiger partial charge on any atom is 0.420 e. The predicted molar refractivity (Wildman–Crippen MR) is 49.3 cm³/mol. The van der Waals surface area contributed by atoms with E-state index in [1.807, 2.05) is 0 Å². The molecule has 4 heteroatoms. The van der Waals surface area contributed by atoms with Gasteiger partial charge in [-0.05, 0) is 11.6 Å². The Labute approximate surface area is 74.1 Å². The zero-order valence-electron chi connectivity index (χ0n) is 7.15. The Bertz CT molecular complexity index is 522. The SMILES string of the molecule is C=Cc1cnc2c(c1)oc(=O)n2C. The van der Waals surface area contributed by atoms with E-state index in [0.29, 0.717) is 11.2 Å². The van der Waals surface area contributed by atoms with Gasteiger partial charge in [-0.2, -0.15) is 0 Å². The summed E-state index contributed by atoms with van der Waals surface area (Å²) in [4.78, 5) is 15.1. The zero-order valence-corrected chi connectivity index (χ0v) is 7.15. The molecule has 0 saturated carbocycles. The van der Waals surface area contributed by atoms with Gasteiger partial charge in [-0.3, -0.25) is 4.57 Å². The lowest BCUT2D eigenvalue weighted by Gasteiger charge is -1.91. The molecule has 0 unspecified atom stereocenters. The van der Waals surface area contributed by atoms with Gasteiger partial charge < -0.3 is 4.42 Å². The molecule has 0 spiro atoms. The Morgan fingerprint density at radius 3 is 3.15 bits per heavy atom. The predicted octanol–water partition coefficient (Wildman–Crippen LogP) is 1.17. The summed E-state index contributed by atoms with van der Waals surface area (Å²) in [5.41, 5.74) is 1.88. The van der Waals surface area contributed by atoms with Gasteiger partial charge in [-0.1, -0.05) is 12.7 Å². The van der Waals surface area contributed by atoms with E-state index in [4.69, 9.17) is 4.42 Å². The number of aromatic nitrogens is 2. The molecule has 4 nitrogen and oxygen atoms in total. The molecule has 0 N–H and O–H groups in total. The highest BCUT2D eigenvalue weighted by Gasteiger charge is 2.05. The highest BCUT2D eigenvalue weighted by atomic mass is 16.4. The average Bonchev–Trinajstić information content (AvgIpc) is 2.42. The van der Waals surface area contributed by atoms with Crippen LogP contribution >= 0.6 is 0 Å². The molecule has 2 rings (SSSR count). The molecule has 0 bridgehead atoms. The number of nitrogens with zero attached hydrogens (tertiary/aromatic N) is 2. The first-order valence-corrected chi connectivity index (χ1v) is 3.80. The molecule has 2 heterocycles. The van der Waals surface area contributed by atoms with Crippen LogP contribution in [0.15, 0.2) is 28.1 Å². The summed E-state index contributed by atoms with van der Waals surface area (Å²) in [6.45, 7) is 3.60. The molecule has 0 aliphatic carbocycles. The molecule has 0 aliphatic heterocycles. The molecule has 0 amide bonds. The van der Waals surface area contributed by atoms with Crippen LogP contribution in [0.1, 0.15) is 5.56 Å². The fourth-order valence-corrected chi connectivity index (χ4v) is 1.14. The monoisotopic (exact) mass is 176 g/mol. The minimum Gasteiger partial charge on any atom is -0.406 e. The van der Waals surface area contributed by atoms with Crippen molar-refractivity contribution in [1.82, 2.24) is 9.55 Å². The van der Waals surface area contributed by atoms with Crippen LogP contribution in [-0.2, 0) is 7.05 Å². The third-order valence-electron chi connectivity index (χ3n) is 1.88. The van der Waals surface area contributed by atoms with E-state index in [1.54, 1.807) is 25.4 Å². The van der Waals surface area contributed by atoms with Gasteiger partial charge in [0.1, 0.15) is 0 Å². The van der Waals surface area contributed by atoms with Gasteiger partial charge in [0.15, 0.2) is 11.2 Å². The molecule has 0 radical (unpaired) electrons. The van der Waals surface area contributed by atoms with Crippen LogP contribution in [0.2, 0.25) is 0 Å². The average molecular weight is 176 g/mol. The summed E-state index contributed by atoms with van der Waals surface area (Å²) in [6, 6.07) is 1.73. The number of hydrogen-bond donors (Lipinski definition) is 0. The van der Waals surface area contributed by atoms with E-state index >= 15 is 0 Å². The van der Waals surface area contributed by atoms with E-state index in [2.05, 4.69) is 11.6 Å². The number of rotatable bonds is 1. The Hall–Kier alpha value is -1.84. The summed E-state index contributed by atoms with van der Waals surface area (Å²) in [7, 11) is 1.62. The summed E-state index contributed by atoms with van der Waals surface area (Å²) in [6.07, 6.45) is 3.30. The molecule has 2 aromatic heterocycles. The fourth-order valence-electron chi connectivity index (χ4n) is 1.14. The van der Waals surface area contributed by atoms with E-state index in [-0.39, 0.29) is 0 Å². The molecule has 0 atom stereocenters. The number of fused-ring (bicyclic) bond motifs is 1. The standard InChI is InChI=1S/C9H8N2O2/c1-3-6-4-7-8(10-5-6)11(2)9(12)13-7/h3-5H,1H2,2H3. The zero-order chi connectivity index (χ0) is 9.42. The maximum absolute atomic E-state index is 11.1. The molecule has 0 aliphatic rings. The Kier molecular flexibility index (Phi) is 1.55. The Morgan fingerprint density at radius 1 is 1.69 bits per heavy atom. The van der Waals surface area contributed by atoms with Crippen LogP contribution in [0.4, 0.5) is 0 Å². The minimum atomic E-state index is -0.399. The largest absolute Gasteiger partial charge is 0.420 e. The maximum atomic E-state index is 11.1. The van der Waals surface area contributed by atoms with Crippen molar-refractivity contribution in [3.63, 3.8) is 0 Å². The van der Waals surface area contributed by atoms with Crippen molar-refractivity contribution in [2.75, 3.05) is 0 Å². The van der Waals surface area contributed by atoms with Gasteiger partial charge in [0.2, 0.25) is 0 Å². The summed E-state index contributed by atoms with van der Waals surface area (Å²) < 4.78 is 6.30. The quantitative estimate of drug-likeness (QED) is 0.655. The second kappa shape index (κ2) is 2.58. The molecular formula is C9H8N2O2. The first-order chi connectivity index (χ1) is 6.22. The fraction of sp³-hybridized carbons (Fsp3) is 0.111. The van der Waals surface area contributed by atoms with Crippen LogP contribution < -0.4 is 5.76 Å². The lowest BCUT2D eigenvalue weighted by Crippen LogP contribution is -2.08. The third-order valence-corrected chi connectivity index (χ3v) is 1.88. The van der Waals surface area contributed by atoms with Crippen molar-refractivity contribution >= 4 is 17.3 Å². The van der Waals surface area contributed by atoms with Crippen molar-refractivity contribution in [2.45, 2.75) is 0 Å². The van der Waals surface area contributed by atoms with Gasteiger partial charge in [0, 0.05) is 13.2 Å². The molecule has 0 saturated heterocycles. The second-order valence-corrected chi connectivity index (χ2v) is 2.72. The van der Waals surface area contributed by atoms with Gasteiger partial charge in [0.05, 0.1) is 0 Å². The van der Waals surface area contributed by atoms with E-state index < -0.39 is 5.76 Å². The lowest BCUT2D eigenvalue weighted by molar-refractivity contribution is 0.528.